The van der Waals surface area contributed by atoms with Crippen LogP contribution in [-0.4, -0.2) is 25.5 Å². The van der Waals surface area contributed by atoms with E-state index < -0.39 is 0 Å². The smallest absolute Gasteiger partial charge is 0.192 e. The van der Waals surface area contributed by atoms with Crippen LogP contribution >= 0.6 is 11.8 Å². The van der Waals surface area contributed by atoms with Gasteiger partial charge in [0, 0.05) is 11.9 Å². The first-order valence-corrected chi connectivity index (χ1v) is 7.47. The van der Waals surface area contributed by atoms with E-state index in [1.807, 2.05) is 41.0 Å². The van der Waals surface area contributed by atoms with E-state index >= 15 is 0 Å². The van der Waals surface area contributed by atoms with E-state index in [4.69, 9.17) is 4.42 Å². The largest absolute Gasteiger partial charge is 0.467 e. The molecule has 0 amide bonds. The lowest BCUT2D eigenvalue weighted by molar-refractivity contribution is 0.485. The number of hydrogen-bond donors (Lipinski definition) is 0. The summed E-state index contributed by atoms with van der Waals surface area (Å²) in [6, 6.07) is 9.54. The third-order valence-electron chi connectivity index (χ3n) is 2.84. The molecule has 3 aromatic rings. The number of rotatable bonds is 6. The molecule has 0 aromatic carbocycles. The topological polar surface area (TPSA) is 56.7 Å². The molecule has 21 heavy (non-hydrogen) atoms. The molecule has 0 spiro atoms. The van der Waals surface area contributed by atoms with Crippen LogP contribution in [-0.2, 0) is 6.54 Å². The fourth-order valence-corrected chi connectivity index (χ4v) is 2.59. The first-order valence-electron chi connectivity index (χ1n) is 6.49. The van der Waals surface area contributed by atoms with Gasteiger partial charge in [0.25, 0.3) is 0 Å². The van der Waals surface area contributed by atoms with Crippen molar-refractivity contribution in [2.24, 2.45) is 0 Å². The highest BCUT2D eigenvalue weighted by molar-refractivity contribution is 7.99. The van der Waals surface area contributed by atoms with Crippen LogP contribution in [0, 0.1) is 0 Å². The molecular weight excluding hydrogens is 284 g/mol. The molecule has 3 aromatic heterocycles. The normalized spacial score (nSPS) is 10.7. The molecule has 3 rings (SSSR count). The van der Waals surface area contributed by atoms with Gasteiger partial charge in [-0.05, 0) is 24.3 Å². The van der Waals surface area contributed by atoms with Crippen LogP contribution in [0.4, 0.5) is 0 Å². The van der Waals surface area contributed by atoms with Gasteiger partial charge in [-0.1, -0.05) is 23.9 Å². The predicted molar refractivity (Wildman–Crippen MR) is 82.0 cm³/mol. The molecule has 0 fully saturated rings. The van der Waals surface area contributed by atoms with Gasteiger partial charge in [0.05, 0.1) is 12.8 Å². The Balaban J connectivity index is 1.99. The van der Waals surface area contributed by atoms with Gasteiger partial charge in [0.1, 0.15) is 11.5 Å². The summed E-state index contributed by atoms with van der Waals surface area (Å²) in [5, 5.41) is 9.36. The summed E-state index contributed by atoms with van der Waals surface area (Å²) in [5.41, 5.74) is 0.794. The second-order valence-corrected chi connectivity index (χ2v) is 5.27. The zero-order valence-corrected chi connectivity index (χ0v) is 12.2. The Morgan fingerprint density at radius 1 is 1.24 bits per heavy atom. The van der Waals surface area contributed by atoms with Crippen LogP contribution in [0.3, 0.4) is 0 Å². The summed E-state index contributed by atoms with van der Waals surface area (Å²) in [6.07, 6.45) is 5.26. The predicted octanol–water partition coefficient (Wildman–Crippen LogP) is 3.26. The number of nitrogens with zero attached hydrogens (tertiary/aromatic N) is 4. The fourth-order valence-electron chi connectivity index (χ4n) is 1.91. The number of furan rings is 1. The lowest BCUT2D eigenvalue weighted by Crippen LogP contribution is -2.04. The Labute approximate surface area is 126 Å². The highest BCUT2D eigenvalue weighted by atomic mass is 32.2. The van der Waals surface area contributed by atoms with Crippen molar-refractivity contribution in [2.75, 3.05) is 5.75 Å². The van der Waals surface area contributed by atoms with Crippen molar-refractivity contribution < 1.29 is 4.42 Å². The molecular formula is C15H14N4OS. The van der Waals surface area contributed by atoms with E-state index in [0.717, 1.165) is 28.2 Å². The molecule has 0 bridgehead atoms. The third kappa shape index (κ3) is 3.05. The molecule has 0 unspecified atom stereocenters. The van der Waals surface area contributed by atoms with Crippen LogP contribution in [0.5, 0.6) is 0 Å². The standard InChI is InChI=1S/C15H14N4OS/c1-2-10-21-15-18-17-14(13-7-3-4-8-16-13)19(15)11-12-6-5-9-20-12/h2-9H,1,10-11H2. The van der Waals surface area contributed by atoms with Crippen molar-refractivity contribution >= 4 is 11.8 Å². The van der Waals surface area contributed by atoms with Crippen molar-refractivity contribution in [3.8, 4) is 11.5 Å². The molecule has 0 atom stereocenters. The zero-order valence-electron chi connectivity index (χ0n) is 11.3. The minimum atomic E-state index is 0.575. The second kappa shape index (κ2) is 6.41. The van der Waals surface area contributed by atoms with Gasteiger partial charge < -0.3 is 4.42 Å². The van der Waals surface area contributed by atoms with Crippen molar-refractivity contribution in [1.82, 2.24) is 19.7 Å². The summed E-state index contributed by atoms with van der Waals surface area (Å²) in [7, 11) is 0. The summed E-state index contributed by atoms with van der Waals surface area (Å²) in [4.78, 5) is 4.35. The second-order valence-electron chi connectivity index (χ2n) is 4.29. The highest BCUT2D eigenvalue weighted by Gasteiger charge is 2.15. The molecule has 3 heterocycles. The molecule has 0 aliphatic rings. The maximum absolute atomic E-state index is 5.43. The SMILES string of the molecule is C=CCSc1nnc(-c2ccccn2)n1Cc1ccco1. The lowest BCUT2D eigenvalue weighted by atomic mass is 10.3. The molecule has 6 heteroatoms. The van der Waals surface area contributed by atoms with Gasteiger partial charge in [-0.25, -0.2) is 0 Å². The van der Waals surface area contributed by atoms with E-state index in [-0.39, 0.29) is 0 Å². The first-order chi connectivity index (χ1) is 10.4. The van der Waals surface area contributed by atoms with Crippen LogP contribution in [0.15, 0.2) is 65.0 Å². The van der Waals surface area contributed by atoms with Gasteiger partial charge in [0.15, 0.2) is 11.0 Å². The Hall–Kier alpha value is -2.34. The van der Waals surface area contributed by atoms with Crippen LogP contribution in [0.2, 0.25) is 0 Å². The number of thioether (sulfide) groups is 1. The first kappa shape index (κ1) is 13.6. The average molecular weight is 298 g/mol. The molecule has 0 aliphatic heterocycles. The van der Waals surface area contributed by atoms with Crippen molar-refractivity contribution in [3.05, 3.63) is 61.2 Å². The van der Waals surface area contributed by atoms with Gasteiger partial charge in [-0.15, -0.1) is 16.8 Å². The van der Waals surface area contributed by atoms with Crippen molar-refractivity contribution in [3.63, 3.8) is 0 Å². The minimum Gasteiger partial charge on any atom is -0.467 e. The van der Waals surface area contributed by atoms with Crippen molar-refractivity contribution in [1.29, 1.82) is 0 Å². The number of pyridine rings is 1. The van der Waals surface area contributed by atoms with Gasteiger partial charge in [-0.3, -0.25) is 9.55 Å². The molecule has 5 nitrogen and oxygen atoms in total. The number of hydrogen-bond acceptors (Lipinski definition) is 5. The monoisotopic (exact) mass is 298 g/mol. The Kier molecular flexibility index (Phi) is 4.16. The van der Waals surface area contributed by atoms with E-state index in [2.05, 4.69) is 21.8 Å². The Bertz CT molecular complexity index is 707. The van der Waals surface area contributed by atoms with Crippen molar-refractivity contribution in [2.45, 2.75) is 11.7 Å². The summed E-state index contributed by atoms with van der Waals surface area (Å²) >= 11 is 1.59. The highest BCUT2D eigenvalue weighted by Crippen LogP contribution is 2.24. The van der Waals surface area contributed by atoms with Crippen LogP contribution in [0.1, 0.15) is 5.76 Å². The quantitative estimate of drug-likeness (QED) is 0.516. The zero-order chi connectivity index (χ0) is 14.5. The third-order valence-corrected chi connectivity index (χ3v) is 3.80. The molecule has 0 radical (unpaired) electrons. The lowest BCUT2D eigenvalue weighted by Gasteiger charge is -2.07. The van der Waals surface area contributed by atoms with E-state index in [1.54, 1.807) is 24.2 Å². The van der Waals surface area contributed by atoms with Crippen LogP contribution in [0.25, 0.3) is 11.5 Å². The molecule has 0 aliphatic carbocycles. The average Bonchev–Trinajstić information content (AvgIpc) is 3.17. The molecule has 0 saturated heterocycles. The van der Waals surface area contributed by atoms with Crippen LogP contribution < -0.4 is 0 Å². The maximum atomic E-state index is 5.43. The fraction of sp³-hybridized carbons (Fsp3) is 0.133. The van der Waals surface area contributed by atoms with Gasteiger partial charge >= 0.3 is 0 Å². The molecule has 0 saturated carbocycles. The van der Waals surface area contributed by atoms with E-state index in [9.17, 15) is 0 Å². The molecule has 0 N–H and O–H groups in total. The van der Waals surface area contributed by atoms with Gasteiger partial charge in [0.2, 0.25) is 0 Å². The Morgan fingerprint density at radius 2 is 2.19 bits per heavy atom. The summed E-state index contributed by atoms with van der Waals surface area (Å²) < 4.78 is 7.44. The molecule has 106 valence electrons. The van der Waals surface area contributed by atoms with Gasteiger partial charge in [-0.2, -0.15) is 0 Å². The maximum Gasteiger partial charge on any atom is 0.192 e. The Morgan fingerprint density at radius 3 is 2.90 bits per heavy atom. The minimum absolute atomic E-state index is 0.575. The summed E-state index contributed by atoms with van der Waals surface area (Å²) in [6.45, 7) is 4.31. The summed E-state index contributed by atoms with van der Waals surface area (Å²) in [5.74, 6) is 2.37. The van der Waals surface area contributed by atoms with E-state index in [0.29, 0.717) is 6.54 Å². The van der Waals surface area contributed by atoms with E-state index in [1.165, 1.54) is 0 Å². The number of aromatic nitrogens is 4.